The fourth-order valence-electron chi connectivity index (χ4n) is 1.81. The summed E-state index contributed by atoms with van der Waals surface area (Å²) in [4.78, 5) is 23.4. The topological polar surface area (TPSA) is 71.3 Å². The molecular weight excluding hydrogens is 280 g/mol. The first-order chi connectivity index (χ1) is 9.34. The van der Waals surface area contributed by atoms with Crippen LogP contribution in [0, 0.1) is 5.41 Å². The van der Waals surface area contributed by atoms with Crippen LogP contribution in [0.2, 0.25) is 5.02 Å². The number of halogens is 1. The Bertz CT molecular complexity index is 499. The predicted octanol–water partition coefficient (Wildman–Crippen LogP) is 2.78. The number of rotatable bonds is 7. The van der Waals surface area contributed by atoms with Gasteiger partial charge in [0.2, 0.25) is 0 Å². The molecule has 1 unspecified atom stereocenters. The van der Waals surface area contributed by atoms with Gasteiger partial charge in [0.15, 0.2) is 0 Å². The van der Waals surface area contributed by atoms with Gasteiger partial charge in [-0.05, 0) is 25.8 Å². The van der Waals surface area contributed by atoms with Crippen LogP contribution in [-0.2, 0) is 11.3 Å². The molecule has 1 atom stereocenters. The molecule has 1 aromatic rings. The second-order valence-corrected chi connectivity index (χ2v) is 5.58. The molecule has 5 nitrogen and oxygen atoms in total. The third-order valence-electron chi connectivity index (χ3n) is 3.50. The van der Waals surface area contributed by atoms with Crippen molar-refractivity contribution in [3.05, 3.63) is 23.0 Å². The number of nitrogens with zero attached hydrogens (tertiary/aromatic N) is 1. The maximum absolute atomic E-state index is 12.2. The second kappa shape index (κ2) is 6.79. The Balaban J connectivity index is 2.79. The lowest BCUT2D eigenvalue weighted by Crippen LogP contribution is -2.41. The van der Waals surface area contributed by atoms with Crippen molar-refractivity contribution in [2.45, 2.75) is 40.2 Å². The van der Waals surface area contributed by atoms with E-state index in [1.165, 1.54) is 0 Å². The Hall–Kier alpha value is -1.49. The van der Waals surface area contributed by atoms with Crippen molar-refractivity contribution in [2.75, 3.05) is 6.54 Å². The summed E-state index contributed by atoms with van der Waals surface area (Å²) in [7, 11) is 0. The lowest BCUT2D eigenvalue weighted by molar-refractivity contribution is -0.147. The highest BCUT2D eigenvalue weighted by atomic mass is 35.5. The number of nitrogens with one attached hydrogen (secondary N) is 1. The van der Waals surface area contributed by atoms with Crippen LogP contribution in [-0.4, -0.2) is 28.1 Å². The van der Waals surface area contributed by atoms with E-state index in [1.54, 1.807) is 30.7 Å². The molecule has 0 saturated carbocycles. The summed E-state index contributed by atoms with van der Waals surface area (Å²) < 4.78 is 1.78. The number of aryl methyl sites for hydroxylation is 1. The van der Waals surface area contributed by atoms with Crippen LogP contribution in [0.15, 0.2) is 12.3 Å². The predicted molar refractivity (Wildman–Crippen MR) is 78.1 cm³/mol. The molecule has 1 amide bonds. The lowest BCUT2D eigenvalue weighted by atomic mass is 9.88. The third-order valence-corrected chi connectivity index (χ3v) is 3.70. The van der Waals surface area contributed by atoms with Gasteiger partial charge in [-0.15, -0.1) is 0 Å². The van der Waals surface area contributed by atoms with E-state index in [0.717, 1.165) is 6.42 Å². The number of aromatic nitrogens is 1. The fourth-order valence-corrected chi connectivity index (χ4v) is 2.03. The number of carboxylic acids is 1. The van der Waals surface area contributed by atoms with E-state index in [9.17, 15) is 14.7 Å². The van der Waals surface area contributed by atoms with Crippen LogP contribution in [0.3, 0.4) is 0 Å². The maximum Gasteiger partial charge on any atom is 0.311 e. The van der Waals surface area contributed by atoms with Gasteiger partial charge < -0.3 is 15.0 Å². The molecule has 1 aromatic heterocycles. The monoisotopic (exact) mass is 300 g/mol. The lowest BCUT2D eigenvalue weighted by Gasteiger charge is -2.23. The molecule has 0 aliphatic rings. The molecule has 0 saturated heterocycles. The van der Waals surface area contributed by atoms with Crippen LogP contribution in [0.4, 0.5) is 0 Å². The van der Waals surface area contributed by atoms with Gasteiger partial charge in [-0.3, -0.25) is 9.59 Å². The first kappa shape index (κ1) is 16.6. The zero-order valence-corrected chi connectivity index (χ0v) is 12.8. The van der Waals surface area contributed by atoms with Gasteiger partial charge in [0.25, 0.3) is 5.91 Å². The van der Waals surface area contributed by atoms with Crippen molar-refractivity contribution in [3.8, 4) is 0 Å². The summed E-state index contributed by atoms with van der Waals surface area (Å²) in [6, 6.07) is 1.59. The highest BCUT2D eigenvalue weighted by Gasteiger charge is 2.31. The molecule has 0 bridgehead atoms. The van der Waals surface area contributed by atoms with Crippen molar-refractivity contribution in [3.63, 3.8) is 0 Å². The Morgan fingerprint density at radius 2 is 2.10 bits per heavy atom. The molecule has 112 valence electrons. The Morgan fingerprint density at radius 1 is 1.45 bits per heavy atom. The van der Waals surface area contributed by atoms with E-state index < -0.39 is 11.4 Å². The number of hydrogen-bond acceptors (Lipinski definition) is 2. The van der Waals surface area contributed by atoms with E-state index in [4.69, 9.17) is 11.6 Å². The zero-order valence-electron chi connectivity index (χ0n) is 12.1. The van der Waals surface area contributed by atoms with Crippen molar-refractivity contribution in [2.24, 2.45) is 5.41 Å². The van der Waals surface area contributed by atoms with Crippen molar-refractivity contribution in [1.29, 1.82) is 0 Å². The van der Waals surface area contributed by atoms with Crippen LogP contribution >= 0.6 is 11.6 Å². The molecular formula is C14H21ClN2O3. The molecule has 1 heterocycles. The van der Waals surface area contributed by atoms with E-state index in [-0.39, 0.29) is 12.5 Å². The number of amides is 1. The van der Waals surface area contributed by atoms with Crippen LogP contribution in [0.1, 0.15) is 44.1 Å². The van der Waals surface area contributed by atoms with Gasteiger partial charge in [-0.1, -0.05) is 25.4 Å². The van der Waals surface area contributed by atoms with Crippen molar-refractivity contribution in [1.82, 2.24) is 9.88 Å². The number of carboxylic acid groups (broad SMARTS) is 1. The van der Waals surface area contributed by atoms with Crippen LogP contribution < -0.4 is 5.32 Å². The van der Waals surface area contributed by atoms with Gasteiger partial charge in [0.1, 0.15) is 5.69 Å². The van der Waals surface area contributed by atoms with E-state index >= 15 is 0 Å². The van der Waals surface area contributed by atoms with Crippen LogP contribution in [0.25, 0.3) is 0 Å². The molecule has 0 radical (unpaired) electrons. The molecule has 0 aromatic carbocycles. The fraction of sp³-hybridized carbons (Fsp3) is 0.571. The minimum absolute atomic E-state index is 0.0899. The van der Waals surface area contributed by atoms with E-state index in [0.29, 0.717) is 23.7 Å². The minimum atomic E-state index is -0.957. The summed E-state index contributed by atoms with van der Waals surface area (Å²) in [6.45, 7) is 6.20. The summed E-state index contributed by atoms with van der Waals surface area (Å²) >= 11 is 5.92. The summed E-state index contributed by atoms with van der Waals surface area (Å²) in [6.07, 6.45) is 3.03. The first-order valence-electron chi connectivity index (χ1n) is 6.71. The number of hydrogen-bond donors (Lipinski definition) is 2. The highest BCUT2D eigenvalue weighted by molar-refractivity contribution is 6.31. The standard InChI is InChI=1S/C14H21ClN2O3/c1-4-6-17-8-10(15)7-11(17)12(18)16-9-14(3,5-2)13(19)20/h7-8H,4-6,9H2,1-3H3,(H,16,18)(H,19,20). The molecule has 0 spiro atoms. The molecule has 0 fully saturated rings. The van der Waals surface area contributed by atoms with Gasteiger partial charge in [0, 0.05) is 19.3 Å². The number of carbonyl (C=O) groups excluding carboxylic acids is 1. The Kier molecular flexibility index (Phi) is 5.62. The minimum Gasteiger partial charge on any atom is -0.481 e. The van der Waals surface area contributed by atoms with Crippen molar-refractivity contribution < 1.29 is 14.7 Å². The maximum atomic E-state index is 12.2. The molecule has 20 heavy (non-hydrogen) atoms. The second-order valence-electron chi connectivity index (χ2n) is 5.14. The first-order valence-corrected chi connectivity index (χ1v) is 7.09. The van der Waals surface area contributed by atoms with E-state index in [2.05, 4.69) is 5.32 Å². The Labute approximate surface area is 123 Å². The zero-order chi connectivity index (χ0) is 15.3. The number of aliphatic carboxylic acids is 1. The quantitative estimate of drug-likeness (QED) is 0.813. The highest BCUT2D eigenvalue weighted by Crippen LogP contribution is 2.20. The molecule has 1 rings (SSSR count). The smallest absolute Gasteiger partial charge is 0.311 e. The summed E-state index contributed by atoms with van der Waals surface area (Å²) in [5.41, 5.74) is -0.498. The van der Waals surface area contributed by atoms with Crippen molar-refractivity contribution >= 4 is 23.5 Å². The summed E-state index contributed by atoms with van der Waals surface area (Å²) in [5.74, 6) is -1.21. The van der Waals surface area contributed by atoms with E-state index in [1.807, 2.05) is 6.92 Å². The van der Waals surface area contributed by atoms with Gasteiger partial charge in [-0.25, -0.2) is 0 Å². The molecule has 2 N–H and O–H groups in total. The SMILES string of the molecule is CCCn1cc(Cl)cc1C(=O)NCC(C)(CC)C(=O)O. The molecule has 0 aliphatic carbocycles. The van der Waals surface area contributed by atoms with Gasteiger partial charge >= 0.3 is 5.97 Å². The largest absolute Gasteiger partial charge is 0.481 e. The normalized spacial score (nSPS) is 13.8. The molecule has 0 aliphatic heterocycles. The average Bonchev–Trinajstić information content (AvgIpc) is 2.77. The molecule has 6 heteroatoms. The third kappa shape index (κ3) is 3.76. The Morgan fingerprint density at radius 3 is 2.60 bits per heavy atom. The van der Waals surface area contributed by atoms with Crippen LogP contribution in [0.5, 0.6) is 0 Å². The summed E-state index contributed by atoms with van der Waals surface area (Å²) in [5, 5.41) is 12.4. The number of carbonyl (C=O) groups is 2. The van der Waals surface area contributed by atoms with Gasteiger partial charge in [-0.2, -0.15) is 0 Å². The van der Waals surface area contributed by atoms with Gasteiger partial charge in [0.05, 0.1) is 10.4 Å². The average molecular weight is 301 g/mol.